The molecule has 1 aromatic carbocycles. The van der Waals surface area contributed by atoms with Crippen LogP contribution in [0.3, 0.4) is 0 Å². The van der Waals surface area contributed by atoms with Gasteiger partial charge in [0, 0.05) is 18.3 Å². The molecule has 0 radical (unpaired) electrons. The zero-order valence-corrected chi connectivity index (χ0v) is 13.5. The van der Waals surface area contributed by atoms with Gasteiger partial charge in [-0.25, -0.2) is 0 Å². The van der Waals surface area contributed by atoms with Gasteiger partial charge in [-0.2, -0.15) is 0 Å². The summed E-state index contributed by atoms with van der Waals surface area (Å²) in [5, 5.41) is 3.09. The Morgan fingerprint density at radius 2 is 2.18 bits per heavy atom. The van der Waals surface area contributed by atoms with Crippen molar-refractivity contribution in [3.63, 3.8) is 0 Å². The van der Waals surface area contributed by atoms with Gasteiger partial charge in [-0.1, -0.05) is 29.8 Å². The molecule has 0 saturated heterocycles. The van der Waals surface area contributed by atoms with Crippen molar-refractivity contribution in [2.24, 2.45) is 0 Å². The van der Waals surface area contributed by atoms with Crippen molar-refractivity contribution in [2.75, 3.05) is 18.0 Å². The van der Waals surface area contributed by atoms with Crippen LogP contribution in [0.1, 0.15) is 44.6 Å². The molecule has 0 unspecified atom stereocenters. The smallest absolute Gasteiger partial charge is 0.239 e. The van der Waals surface area contributed by atoms with Crippen LogP contribution in [0.15, 0.2) is 35.9 Å². The third-order valence-corrected chi connectivity index (χ3v) is 4.82. The number of carbonyl (C=O) groups is 1. The minimum absolute atomic E-state index is 0.139. The summed E-state index contributed by atoms with van der Waals surface area (Å²) >= 11 is 0. The van der Waals surface area contributed by atoms with Gasteiger partial charge in [-0.05, 0) is 57.1 Å². The minimum atomic E-state index is 0.139. The molecule has 3 heteroatoms. The largest absolute Gasteiger partial charge is 0.359 e. The fraction of sp³-hybridized carbons (Fsp3) is 0.526. The second kappa shape index (κ2) is 6.99. The molecular formula is C19H26N2O. The topological polar surface area (TPSA) is 32.3 Å². The number of para-hydroxylation sites is 1. The number of carbonyl (C=O) groups excluding carboxylic acids is 1. The van der Waals surface area contributed by atoms with Gasteiger partial charge in [0.15, 0.2) is 0 Å². The van der Waals surface area contributed by atoms with Crippen LogP contribution < -0.4 is 10.2 Å². The SMILES string of the molecule is C[C@H]1Cc2ccccc2N1CC(=O)NCCC1=CCCCC1. The average molecular weight is 298 g/mol. The van der Waals surface area contributed by atoms with E-state index < -0.39 is 0 Å². The van der Waals surface area contributed by atoms with Crippen LogP contribution in [-0.2, 0) is 11.2 Å². The number of rotatable bonds is 5. The number of anilines is 1. The third-order valence-electron chi connectivity index (χ3n) is 4.82. The molecule has 0 saturated carbocycles. The van der Waals surface area contributed by atoms with E-state index in [-0.39, 0.29) is 5.91 Å². The van der Waals surface area contributed by atoms with Crippen LogP contribution in [0.2, 0.25) is 0 Å². The summed E-state index contributed by atoms with van der Waals surface area (Å²) in [7, 11) is 0. The molecule has 0 bridgehead atoms. The van der Waals surface area contributed by atoms with E-state index in [1.54, 1.807) is 0 Å². The molecule has 118 valence electrons. The third kappa shape index (κ3) is 3.52. The maximum absolute atomic E-state index is 12.2. The maximum Gasteiger partial charge on any atom is 0.239 e. The van der Waals surface area contributed by atoms with Crippen LogP contribution in [-0.4, -0.2) is 25.0 Å². The Bertz CT molecular complexity index is 564. The van der Waals surface area contributed by atoms with E-state index in [1.807, 2.05) is 0 Å². The Labute approximate surface area is 133 Å². The van der Waals surface area contributed by atoms with E-state index in [0.717, 1.165) is 19.4 Å². The first-order valence-corrected chi connectivity index (χ1v) is 8.53. The van der Waals surface area contributed by atoms with Gasteiger partial charge >= 0.3 is 0 Å². The molecule has 1 N–H and O–H groups in total. The molecule has 3 rings (SSSR count). The van der Waals surface area contributed by atoms with Gasteiger partial charge in [-0.15, -0.1) is 0 Å². The van der Waals surface area contributed by atoms with E-state index in [9.17, 15) is 4.79 Å². The van der Waals surface area contributed by atoms with Gasteiger partial charge in [0.25, 0.3) is 0 Å². The molecule has 0 aromatic heterocycles. The number of nitrogens with one attached hydrogen (secondary N) is 1. The summed E-state index contributed by atoms with van der Waals surface area (Å²) in [6, 6.07) is 8.83. The van der Waals surface area contributed by atoms with Crippen molar-refractivity contribution >= 4 is 11.6 Å². The number of benzene rings is 1. The first kappa shape index (κ1) is 15.1. The normalized spacial score (nSPS) is 20.5. The van der Waals surface area contributed by atoms with Gasteiger partial charge in [0.2, 0.25) is 5.91 Å². The summed E-state index contributed by atoms with van der Waals surface area (Å²) < 4.78 is 0. The van der Waals surface area contributed by atoms with Gasteiger partial charge in [0.05, 0.1) is 6.54 Å². The second-order valence-corrected chi connectivity index (χ2v) is 6.52. The standard InChI is InChI=1S/C19H26N2O/c1-15-13-17-9-5-6-10-18(17)21(15)14-19(22)20-12-11-16-7-3-2-4-8-16/h5-7,9-10,15H,2-4,8,11-14H2,1H3,(H,20,22)/t15-/m0/s1. The molecule has 1 aliphatic carbocycles. The zero-order chi connectivity index (χ0) is 15.4. The highest BCUT2D eigenvalue weighted by molar-refractivity contribution is 5.82. The molecule has 3 nitrogen and oxygen atoms in total. The number of nitrogens with zero attached hydrogens (tertiary/aromatic N) is 1. The molecule has 0 spiro atoms. The fourth-order valence-electron chi connectivity index (χ4n) is 3.58. The lowest BCUT2D eigenvalue weighted by molar-refractivity contribution is -0.119. The summed E-state index contributed by atoms with van der Waals surface area (Å²) in [6.07, 6.45) is 9.46. The lowest BCUT2D eigenvalue weighted by atomic mass is 9.97. The molecule has 1 aliphatic heterocycles. The molecule has 0 fully saturated rings. The van der Waals surface area contributed by atoms with E-state index in [0.29, 0.717) is 12.6 Å². The summed E-state index contributed by atoms with van der Waals surface area (Å²) in [5.74, 6) is 0.139. The molecule has 1 amide bonds. The Balaban J connectivity index is 1.48. The van der Waals surface area contributed by atoms with Crippen molar-refractivity contribution in [1.82, 2.24) is 5.32 Å². The zero-order valence-electron chi connectivity index (χ0n) is 13.5. The van der Waals surface area contributed by atoms with E-state index in [2.05, 4.69) is 47.5 Å². The van der Waals surface area contributed by atoms with Crippen LogP contribution in [0.25, 0.3) is 0 Å². The fourth-order valence-corrected chi connectivity index (χ4v) is 3.58. The number of amides is 1. The van der Waals surface area contributed by atoms with Crippen LogP contribution in [0, 0.1) is 0 Å². The number of hydrogen-bond acceptors (Lipinski definition) is 2. The van der Waals surface area contributed by atoms with Crippen molar-refractivity contribution < 1.29 is 4.79 Å². The molecule has 1 aromatic rings. The Morgan fingerprint density at radius 1 is 1.32 bits per heavy atom. The number of fused-ring (bicyclic) bond motifs is 1. The Hall–Kier alpha value is -1.77. The van der Waals surface area contributed by atoms with Crippen LogP contribution in [0.5, 0.6) is 0 Å². The predicted octanol–water partition coefficient (Wildman–Crippen LogP) is 3.44. The molecule has 22 heavy (non-hydrogen) atoms. The summed E-state index contributed by atoms with van der Waals surface area (Å²) in [5.41, 5.74) is 4.10. The van der Waals surface area contributed by atoms with Crippen LogP contribution in [0.4, 0.5) is 5.69 Å². The van der Waals surface area contributed by atoms with E-state index in [1.165, 1.54) is 42.5 Å². The predicted molar refractivity (Wildman–Crippen MR) is 91.1 cm³/mol. The lowest BCUT2D eigenvalue weighted by Gasteiger charge is -2.24. The van der Waals surface area contributed by atoms with Crippen molar-refractivity contribution in [3.05, 3.63) is 41.5 Å². The minimum Gasteiger partial charge on any atom is -0.359 e. The Morgan fingerprint density at radius 3 is 3.00 bits per heavy atom. The highest BCUT2D eigenvalue weighted by Gasteiger charge is 2.26. The van der Waals surface area contributed by atoms with Crippen molar-refractivity contribution in [2.45, 2.75) is 51.5 Å². The average Bonchev–Trinajstić information content (AvgIpc) is 2.84. The first-order chi connectivity index (χ1) is 10.7. The van der Waals surface area contributed by atoms with Crippen LogP contribution >= 0.6 is 0 Å². The van der Waals surface area contributed by atoms with Crippen molar-refractivity contribution in [1.29, 1.82) is 0 Å². The van der Waals surface area contributed by atoms with Gasteiger partial charge < -0.3 is 10.2 Å². The number of allylic oxidation sites excluding steroid dienone is 1. The molecule has 1 heterocycles. The molecule has 2 aliphatic rings. The quantitative estimate of drug-likeness (QED) is 0.845. The highest BCUT2D eigenvalue weighted by atomic mass is 16.2. The maximum atomic E-state index is 12.2. The van der Waals surface area contributed by atoms with E-state index >= 15 is 0 Å². The molecular weight excluding hydrogens is 272 g/mol. The first-order valence-electron chi connectivity index (χ1n) is 8.53. The highest BCUT2D eigenvalue weighted by Crippen LogP contribution is 2.31. The lowest BCUT2D eigenvalue weighted by Crippen LogP contribution is -2.40. The summed E-state index contributed by atoms with van der Waals surface area (Å²) in [6.45, 7) is 3.44. The second-order valence-electron chi connectivity index (χ2n) is 6.52. The monoisotopic (exact) mass is 298 g/mol. The number of hydrogen-bond donors (Lipinski definition) is 1. The van der Waals surface area contributed by atoms with Gasteiger partial charge in [0.1, 0.15) is 0 Å². The molecule has 1 atom stereocenters. The summed E-state index contributed by atoms with van der Waals surface area (Å²) in [4.78, 5) is 14.5. The van der Waals surface area contributed by atoms with E-state index in [4.69, 9.17) is 0 Å². The van der Waals surface area contributed by atoms with Gasteiger partial charge in [-0.3, -0.25) is 4.79 Å². The Kier molecular flexibility index (Phi) is 4.81. The van der Waals surface area contributed by atoms with Crippen molar-refractivity contribution in [3.8, 4) is 0 Å².